The average molecular weight is 468 g/mol. The second-order valence-corrected chi connectivity index (χ2v) is 9.72. The fourth-order valence-corrected chi connectivity index (χ4v) is 6.11. The second kappa shape index (κ2) is 10.9. The van der Waals surface area contributed by atoms with Crippen LogP contribution in [0.15, 0.2) is 30.0 Å². The lowest BCUT2D eigenvalue weighted by molar-refractivity contribution is -0.128. The number of hydrogen-bond acceptors (Lipinski definition) is 4. The minimum Gasteiger partial charge on any atom is -0.504 e. The molecule has 1 amide bonds. The maximum Gasteiger partial charge on any atom is 0.253 e. The number of H-pyrrole nitrogens is 1. The highest BCUT2D eigenvalue weighted by Crippen LogP contribution is 2.47. The lowest BCUT2D eigenvalue weighted by Gasteiger charge is -2.47. The van der Waals surface area contributed by atoms with E-state index in [1.807, 2.05) is 17.0 Å². The summed E-state index contributed by atoms with van der Waals surface area (Å²) in [5, 5.41) is 1.22. The first kappa shape index (κ1) is 24.6. The highest BCUT2D eigenvalue weighted by Gasteiger charge is 2.43. The van der Waals surface area contributed by atoms with Crippen LogP contribution in [-0.4, -0.2) is 61.1 Å². The quantitative estimate of drug-likeness (QED) is 0.402. The van der Waals surface area contributed by atoms with Crippen LogP contribution in [0.3, 0.4) is 0 Å². The summed E-state index contributed by atoms with van der Waals surface area (Å²) in [6, 6.07) is 6.51. The number of hydrogen-bond donors (Lipinski definition) is 1. The third kappa shape index (κ3) is 4.45. The molecule has 1 N–H and O–H groups in total. The molecule has 3 unspecified atom stereocenters. The summed E-state index contributed by atoms with van der Waals surface area (Å²) in [7, 11) is 3.41. The van der Waals surface area contributed by atoms with Gasteiger partial charge in [-0.05, 0) is 55.7 Å². The molecule has 1 fully saturated rings. The summed E-state index contributed by atoms with van der Waals surface area (Å²) in [5.41, 5.74) is 4.66. The molecule has 2 aliphatic rings. The first-order valence-electron chi connectivity index (χ1n) is 13.0. The van der Waals surface area contributed by atoms with Crippen molar-refractivity contribution in [2.75, 3.05) is 40.4 Å². The van der Waals surface area contributed by atoms with Gasteiger partial charge in [0.15, 0.2) is 0 Å². The number of methoxy groups -OCH3 is 2. The molecule has 2 aromatic rings. The van der Waals surface area contributed by atoms with Crippen LogP contribution in [0.25, 0.3) is 10.9 Å². The van der Waals surface area contributed by atoms with E-state index in [2.05, 4.69) is 36.7 Å². The zero-order valence-corrected chi connectivity index (χ0v) is 21.5. The van der Waals surface area contributed by atoms with E-state index in [9.17, 15) is 4.79 Å². The number of unbranched alkanes of at least 4 members (excludes halogenated alkanes) is 1. The van der Waals surface area contributed by atoms with Crippen molar-refractivity contribution in [3.8, 4) is 5.75 Å². The Morgan fingerprint density at radius 3 is 2.76 bits per heavy atom. The largest absolute Gasteiger partial charge is 0.504 e. The first-order chi connectivity index (χ1) is 16.6. The van der Waals surface area contributed by atoms with Crippen molar-refractivity contribution in [2.45, 2.75) is 58.9 Å². The number of rotatable bonds is 9. The average Bonchev–Trinajstić information content (AvgIpc) is 3.26. The number of nitrogens with one attached hydrogen (secondary N) is 1. The number of aromatic nitrogens is 1. The molecule has 4 rings (SSSR count). The lowest BCUT2D eigenvalue weighted by Crippen LogP contribution is -2.48. The highest BCUT2D eigenvalue weighted by atomic mass is 16.5. The van der Waals surface area contributed by atoms with Crippen molar-refractivity contribution in [3.05, 3.63) is 41.3 Å². The Kier molecular flexibility index (Phi) is 7.87. The summed E-state index contributed by atoms with van der Waals surface area (Å²) in [6.45, 7) is 10.1. The number of carbonyl (C=O) groups is 1. The van der Waals surface area contributed by atoms with Gasteiger partial charge in [0, 0.05) is 42.8 Å². The zero-order valence-electron chi connectivity index (χ0n) is 21.5. The van der Waals surface area contributed by atoms with E-state index in [0.29, 0.717) is 5.92 Å². The van der Waals surface area contributed by atoms with E-state index in [-0.39, 0.29) is 17.9 Å². The van der Waals surface area contributed by atoms with Crippen LogP contribution in [0.2, 0.25) is 0 Å². The molecule has 34 heavy (non-hydrogen) atoms. The van der Waals surface area contributed by atoms with Crippen molar-refractivity contribution >= 4 is 16.8 Å². The smallest absolute Gasteiger partial charge is 0.253 e. The summed E-state index contributed by atoms with van der Waals surface area (Å²) in [4.78, 5) is 22.1. The number of ether oxygens (including phenoxy) is 2. The van der Waals surface area contributed by atoms with Crippen LogP contribution in [0.5, 0.6) is 5.75 Å². The second-order valence-electron chi connectivity index (χ2n) is 9.72. The number of piperidine rings is 1. The standard InChI is InChI=1S/C28H41N3O3/c1-6-9-14-30(8-3)28(32)22(18-33-4)21-16-24-27-20(13-15-31(24)17-19(21)7-2)26-23(29-27)11-10-12-25(26)34-5/h10-12,18-19,21,24,29H,6-9,13-17H2,1-5H3/b22-18+. The molecule has 3 atom stereocenters. The number of benzene rings is 1. The minimum atomic E-state index is 0.143. The number of nitrogens with zero attached hydrogens (tertiary/aromatic N) is 2. The zero-order chi connectivity index (χ0) is 24.2. The van der Waals surface area contributed by atoms with Gasteiger partial charge in [-0.15, -0.1) is 0 Å². The fraction of sp³-hybridized carbons (Fsp3) is 0.607. The van der Waals surface area contributed by atoms with Crippen molar-refractivity contribution in [1.82, 2.24) is 14.8 Å². The Balaban J connectivity index is 1.70. The Morgan fingerprint density at radius 1 is 1.26 bits per heavy atom. The van der Waals surface area contributed by atoms with Gasteiger partial charge in [-0.25, -0.2) is 0 Å². The third-order valence-electron chi connectivity index (χ3n) is 7.95. The van der Waals surface area contributed by atoms with Crippen molar-refractivity contribution in [1.29, 1.82) is 0 Å². The van der Waals surface area contributed by atoms with Gasteiger partial charge in [-0.2, -0.15) is 0 Å². The SMILES string of the molecule is CCCCN(CC)C(=O)/C(=C/OC)C1CC2c3[nH]c4cccc(OC)c4c3CCN2CC1CC. The molecule has 1 saturated heterocycles. The van der Waals surface area contributed by atoms with Gasteiger partial charge < -0.3 is 19.4 Å². The van der Waals surface area contributed by atoms with Crippen LogP contribution in [0.1, 0.15) is 63.8 Å². The van der Waals surface area contributed by atoms with Gasteiger partial charge in [0.05, 0.1) is 32.1 Å². The highest BCUT2D eigenvalue weighted by molar-refractivity contribution is 5.94. The molecule has 6 nitrogen and oxygen atoms in total. The molecule has 0 bridgehead atoms. The van der Waals surface area contributed by atoms with E-state index in [0.717, 1.165) is 75.1 Å². The topological polar surface area (TPSA) is 57.8 Å². The Labute approximate surface area is 204 Å². The van der Waals surface area contributed by atoms with Crippen LogP contribution in [0.4, 0.5) is 0 Å². The molecule has 1 aromatic heterocycles. The van der Waals surface area contributed by atoms with Crippen molar-refractivity contribution < 1.29 is 14.3 Å². The van der Waals surface area contributed by atoms with Gasteiger partial charge in [0.1, 0.15) is 5.75 Å². The Hall–Kier alpha value is -2.47. The number of amides is 1. The molecule has 2 aliphatic heterocycles. The molecule has 0 radical (unpaired) electrons. The molecule has 1 aromatic carbocycles. The van der Waals surface area contributed by atoms with Crippen LogP contribution in [0, 0.1) is 11.8 Å². The fourth-order valence-electron chi connectivity index (χ4n) is 6.11. The third-order valence-corrected chi connectivity index (χ3v) is 7.95. The molecule has 0 aliphatic carbocycles. The van der Waals surface area contributed by atoms with Crippen molar-refractivity contribution in [3.63, 3.8) is 0 Å². The number of aromatic amines is 1. The summed E-state index contributed by atoms with van der Waals surface area (Å²) in [6.07, 6.45) is 6.84. The number of likely N-dealkylation sites (N-methyl/N-ethyl adjacent to an activating group) is 1. The Morgan fingerprint density at radius 2 is 2.09 bits per heavy atom. The normalized spacial score (nSPS) is 22.9. The predicted molar refractivity (Wildman–Crippen MR) is 137 cm³/mol. The van der Waals surface area contributed by atoms with E-state index < -0.39 is 0 Å². The molecule has 0 saturated carbocycles. The van der Waals surface area contributed by atoms with Gasteiger partial charge in [0.2, 0.25) is 0 Å². The van der Waals surface area contributed by atoms with E-state index >= 15 is 0 Å². The molecule has 186 valence electrons. The maximum atomic E-state index is 13.7. The van der Waals surface area contributed by atoms with Gasteiger partial charge in [-0.1, -0.05) is 32.8 Å². The minimum absolute atomic E-state index is 0.143. The van der Waals surface area contributed by atoms with Crippen LogP contribution in [-0.2, 0) is 16.0 Å². The summed E-state index contributed by atoms with van der Waals surface area (Å²) >= 11 is 0. The molecule has 3 heterocycles. The summed E-state index contributed by atoms with van der Waals surface area (Å²) < 4.78 is 11.2. The van der Waals surface area contributed by atoms with E-state index in [1.165, 1.54) is 16.6 Å². The molecular weight excluding hydrogens is 426 g/mol. The molecule has 6 heteroatoms. The monoisotopic (exact) mass is 467 g/mol. The van der Waals surface area contributed by atoms with Gasteiger partial charge in [0.25, 0.3) is 5.91 Å². The number of fused-ring (bicyclic) bond motifs is 5. The molecule has 0 spiro atoms. The van der Waals surface area contributed by atoms with Gasteiger partial charge >= 0.3 is 0 Å². The first-order valence-corrected chi connectivity index (χ1v) is 13.0. The van der Waals surface area contributed by atoms with E-state index in [4.69, 9.17) is 9.47 Å². The molecular formula is C28H41N3O3. The van der Waals surface area contributed by atoms with Crippen LogP contribution >= 0.6 is 0 Å². The summed E-state index contributed by atoms with van der Waals surface area (Å²) in [5.74, 6) is 1.69. The van der Waals surface area contributed by atoms with E-state index in [1.54, 1.807) is 20.5 Å². The maximum absolute atomic E-state index is 13.7. The van der Waals surface area contributed by atoms with Crippen LogP contribution < -0.4 is 4.74 Å². The number of carbonyl (C=O) groups excluding carboxylic acids is 1. The van der Waals surface area contributed by atoms with Crippen molar-refractivity contribution in [2.24, 2.45) is 11.8 Å². The lowest BCUT2D eigenvalue weighted by atomic mass is 9.73. The Bertz CT molecular complexity index is 1030. The van der Waals surface area contributed by atoms with Gasteiger partial charge in [-0.3, -0.25) is 9.69 Å². The predicted octanol–water partition coefficient (Wildman–Crippen LogP) is 5.30.